The van der Waals surface area contributed by atoms with Gasteiger partial charge >= 0.3 is 5.97 Å². The fourth-order valence-electron chi connectivity index (χ4n) is 1.70. The number of hydrogen-bond donors (Lipinski definition) is 1. The van der Waals surface area contributed by atoms with Gasteiger partial charge in [0.05, 0.1) is 5.56 Å². The molecule has 6 heteroatoms. The van der Waals surface area contributed by atoms with Crippen LogP contribution in [-0.2, 0) is 4.79 Å². The topological polar surface area (TPSA) is 70.8 Å². The second kappa shape index (κ2) is 4.52. The smallest absolute Gasteiger partial charge is 0.326 e. The highest BCUT2D eigenvalue weighted by molar-refractivity contribution is 9.10. The van der Waals surface area contributed by atoms with Crippen LogP contribution in [0.25, 0.3) is 0 Å². The van der Waals surface area contributed by atoms with Gasteiger partial charge in [-0.2, -0.15) is 0 Å². The summed E-state index contributed by atoms with van der Waals surface area (Å²) >= 11 is 3.11. The van der Waals surface area contributed by atoms with E-state index in [9.17, 15) is 9.59 Å². The highest BCUT2D eigenvalue weighted by Crippen LogP contribution is 2.30. The molecule has 0 spiro atoms. The van der Waals surface area contributed by atoms with Crippen molar-refractivity contribution in [1.29, 1.82) is 0 Å². The highest BCUT2D eigenvalue weighted by Gasteiger charge is 2.39. The number of furan rings is 1. The van der Waals surface area contributed by atoms with E-state index in [4.69, 9.17) is 9.52 Å². The monoisotopic (exact) mass is 301 g/mol. The maximum Gasteiger partial charge on any atom is 0.326 e. The highest BCUT2D eigenvalue weighted by atomic mass is 79.9. The Balaban J connectivity index is 2.21. The summed E-state index contributed by atoms with van der Waals surface area (Å²) in [5, 5.41) is 9.00. The molecule has 1 aromatic rings. The van der Waals surface area contributed by atoms with Gasteiger partial charge in [-0.25, -0.2) is 4.79 Å². The molecule has 0 aromatic carbocycles. The van der Waals surface area contributed by atoms with Crippen molar-refractivity contribution in [2.75, 3.05) is 0 Å². The molecule has 1 unspecified atom stereocenters. The molecule has 0 saturated heterocycles. The van der Waals surface area contributed by atoms with E-state index in [0.717, 1.165) is 12.8 Å². The standard InChI is InChI=1S/C11H12BrNO4/c1-6(11(15)16)13(8-2-3-8)10(14)7-4-9(12)17-5-7/h4-6,8H,2-3H2,1H3,(H,15,16). The van der Waals surface area contributed by atoms with Crippen LogP contribution in [0.5, 0.6) is 0 Å². The molecular formula is C11H12BrNO4. The minimum absolute atomic E-state index is 0.0438. The summed E-state index contributed by atoms with van der Waals surface area (Å²) in [5.41, 5.74) is 0.372. The van der Waals surface area contributed by atoms with Gasteiger partial charge in [-0.3, -0.25) is 4.79 Å². The van der Waals surface area contributed by atoms with Crippen LogP contribution in [0.3, 0.4) is 0 Å². The zero-order chi connectivity index (χ0) is 12.6. The molecule has 17 heavy (non-hydrogen) atoms. The van der Waals surface area contributed by atoms with E-state index in [0.29, 0.717) is 10.2 Å². The van der Waals surface area contributed by atoms with Crippen LogP contribution >= 0.6 is 15.9 Å². The predicted molar refractivity (Wildman–Crippen MR) is 62.7 cm³/mol. The van der Waals surface area contributed by atoms with Gasteiger partial charge in [-0.15, -0.1) is 0 Å². The number of nitrogens with zero attached hydrogens (tertiary/aromatic N) is 1. The fraction of sp³-hybridized carbons (Fsp3) is 0.455. The first kappa shape index (κ1) is 12.2. The molecule has 1 heterocycles. The molecule has 1 aromatic heterocycles. The van der Waals surface area contributed by atoms with Crippen LogP contribution in [-0.4, -0.2) is 34.0 Å². The molecular weight excluding hydrogens is 290 g/mol. The number of amides is 1. The minimum Gasteiger partial charge on any atom is -0.480 e. The van der Waals surface area contributed by atoms with E-state index in [1.807, 2.05) is 0 Å². The van der Waals surface area contributed by atoms with Crippen LogP contribution in [0.2, 0.25) is 0 Å². The van der Waals surface area contributed by atoms with E-state index in [1.54, 1.807) is 6.07 Å². The van der Waals surface area contributed by atoms with E-state index in [2.05, 4.69) is 15.9 Å². The van der Waals surface area contributed by atoms with Gasteiger partial charge in [-0.1, -0.05) is 0 Å². The van der Waals surface area contributed by atoms with Gasteiger partial charge in [0, 0.05) is 12.1 Å². The number of rotatable bonds is 4. The fourth-order valence-corrected chi connectivity index (χ4v) is 2.04. The largest absolute Gasteiger partial charge is 0.480 e. The second-order valence-corrected chi connectivity index (χ2v) is 4.88. The zero-order valence-corrected chi connectivity index (χ0v) is 10.8. The van der Waals surface area contributed by atoms with Crippen molar-refractivity contribution >= 4 is 27.8 Å². The number of carbonyl (C=O) groups excluding carboxylic acids is 1. The van der Waals surface area contributed by atoms with Crippen molar-refractivity contribution in [3.05, 3.63) is 22.6 Å². The van der Waals surface area contributed by atoms with Crippen molar-refractivity contribution in [3.8, 4) is 0 Å². The van der Waals surface area contributed by atoms with Crippen molar-refractivity contribution in [2.24, 2.45) is 0 Å². The van der Waals surface area contributed by atoms with Crippen LogP contribution in [0, 0.1) is 0 Å². The van der Waals surface area contributed by atoms with Gasteiger partial charge in [0.25, 0.3) is 5.91 Å². The Labute approximate surface area is 107 Å². The zero-order valence-electron chi connectivity index (χ0n) is 9.22. The molecule has 1 aliphatic carbocycles. The van der Waals surface area contributed by atoms with Crippen LogP contribution in [0.15, 0.2) is 21.4 Å². The van der Waals surface area contributed by atoms with Crippen LogP contribution < -0.4 is 0 Å². The van der Waals surface area contributed by atoms with Crippen LogP contribution in [0.4, 0.5) is 0 Å². The van der Waals surface area contributed by atoms with Gasteiger partial charge in [0.1, 0.15) is 12.3 Å². The van der Waals surface area contributed by atoms with Crippen molar-refractivity contribution in [3.63, 3.8) is 0 Å². The number of aliphatic carboxylic acids is 1. The Morgan fingerprint density at radius 1 is 1.59 bits per heavy atom. The third-order valence-corrected chi connectivity index (χ3v) is 3.18. The number of carboxylic acid groups (broad SMARTS) is 1. The SMILES string of the molecule is CC(C(=O)O)N(C(=O)c1coc(Br)c1)C1CC1. The van der Waals surface area contributed by atoms with Crippen LogP contribution in [0.1, 0.15) is 30.1 Å². The lowest BCUT2D eigenvalue weighted by molar-refractivity contribution is -0.141. The summed E-state index contributed by atoms with van der Waals surface area (Å²) in [6, 6.07) is 0.776. The first-order chi connectivity index (χ1) is 8.00. The number of halogens is 1. The molecule has 5 nitrogen and oxygen atoms in total. The molecule has 1 amide bonds. The van der Waals surface area contributed by atoms with Gasteiger partial charge < -0.3 is 14.4 Å². The van der Waals surface area contributed by atoms with E-state index < -0.39 is 12.0 Å². The Hall–Kier alpha value is -1.30. The molecule has 1 N–H and O–H groups in total. The summed E-state index contributed by atoms with van der Waals surface area (Å²) in [4.78, 5) is 24.6. The molecule has 0 bridgehead atoms. The molecule has 1 atom stereocenters. The summed E-state index contributed by atoms with van der Waals surface area (Å²) in [6.45, 7) is 1.52. The Morgan fingerprint density at radius 2 is 2.24 bits per heavy atom. The molecule has 92 valence electrons. The number of carbonyl (C=O) groups is 2. The maximum absolute atomic E-state index is 12.2. The second-order valence-electron chi connectivity index (χ2n) is 4.10. The number of carboxylic acids is 1. The summed E-state index contributed by atoms with van der Waals surface area (Å²) in [5.74, 6) is -1.29. The van der Waals surface area contributed by atoms with Gasteiger partial charge in [-0.05, 0) is 35.7 Å². The third-order valence-electron chi connectivity index (χ3n) is 2.76. The third kappa shape index (κ3) is 2.52. The maximum atomic E-state index is 12.2. The average Bonchev–Trinajstić information content (AvgIpc) is 3.00. The first-order valence-corrected chi connectivity index (χ1v) is 6.09. The lowest BCUT2D eigenvalue weighted by Gasteiger charge is -2.25. The molecule has 1 fully saturated rings. The van der Waals surface area contributed by atoms with Crippen molar-refractivity contribution in [1.82, 2.24) is 4.90 Å². The Bertz CT molecular complexity index is 452. The van der Waals surface area contributed by atoms with E-state index in [-0.39, 0.29) is 11.9 Å². The Kier molecular flexibility index (Phi) is 3.24. The molecule has 0 aliphatic heterocycles. The normalized spacial score (nSPS) is 16.6. The first-order valence-electron chi connectivity index (χ1n) is 5.30. The van der Waals surface area contributed by atoms with E-state index in [1.165, 1.54) is 18.1 Å². The molecule has 2 rings (SSSR count). The summed E-state index contributed by atoms with van der Waals surface area (Å²) < 4.78 is 5.46. The van der Waals surface area contributed by atoms with Gasteiger partial charge in [0.15, 0.2) is 4.67 Å². The van der Waals surface area contributed by atoms with E-state index >= 15 is 0 Å². The quantitative estimate of drug-likeness (QED) is 0.925. The molecule has 0 radical (unpaired) electrons. The molecule has 1 aliphatic rings. The van der Waals surface area contributed by atoms with Gasteiger partial charge in [0.2, 0.25) is 0 Å². The van der Waals surface area contributed by atoms with Crippen molar-refractivity contribution < 1.29 is 19.1 Å². The lowest BCUT2D eigenvalue weighted by atomic mass is 10.2. The summed E-state index contributed by atoms with van der Waals surface area (Å²) in [6.07, 6.45) is 3.06. The lowest BCUT2D eigenvalue weighted by Crippen LogP contribution is -2.44. The predicted octanol–water partition coefficient (Wildman–Crippen LogP) is 2.12. The Morgan fingerprint density at radius 3 is 2.65 bits per heavy atom. The number of hydrogen-bond acceptors (Lipinski definition) is 3. The average molecular weight is 302 g/mol. The molecule has 1 saturated carbocycles. The minimum atomic E-state index is -0.993. The van der Waals surface area contributed by atoms with Crippen molar-refractivity contribution in [2.45, 2.75) is 31.8 Å². The summed E-state index contributed by atoms with van der Waals surface area (Å²) in [7, 11) is 0.